The van der Waals surface area contributed by atoms with Crippen LogP contribution in [0.4, 0.5) is 10.1 Å². The summed E-state index contributed by atoms with van der Waals surface area (Å²) >= 11 is 1.15. The lowest BCUT2D eigenvalue weighted by molar-refractivity contribution is -0.113. The Kier molecular flexibility index (Phi) is 4.93. The number of nitrogen functional groups attached to an aromatic ring is 1. The normalized spacial score (nSPS) is 11.5. The van der Waals surface area contributed by atoms with Crippen LogP contribution in [0.15, 0.2) is 23.4 Å². The van der Waals surface area contributed by atoms with Crippen molar-refractivity contribution < 1.29 is 9.18 Å². The number of nitrogens with zero attached hydrogens (tertiary/aromatic N) is 3. The maximum Gasteiger partial charge on any atom is 0.234 e. The number of hydrogen-bond acceptors (Lipinski definition) is 5. The molecule has 124 valence electrons. The van der Waals surface area contributed by atoms with Crippen LogP contribution < -0.4 is 11.2 Å². The molecule has 1 aromatic heterocycles. The zero-order valence-corrected chi connectivity index (χ0v) is 14.4. The summed E-state index contributed by atoms with van der Waals surface area (Å²) in [4.78, 5) is 11.9. The van der Waals surface area contributed by atoms with E-state index in [0.29, 0.717) is 11.0 Å². The fourth-order valence-electron chi connectivity index (χ4n) is 1.92. The molecule has 1 heterocycles. The topological polar surface area (TPSA) is 85.8 Å². The molecule has 0 aliphatic rings. The maximum absolute atomic E-state index is 13.7. The zero-order chi connectivity index (χ0) is 17.2. The third-order valence-corrected chi connectivity index (χ3v) is 4.01. The molecule has 0 saturated carbocycles. The van der Waals surface area contributed by atoms with Crippen molar-refractivity contribution in [3.63, 3.8) is 0 Å². The number of anilines is 1. The summed E-state index contributed by atoms with van der Waals surface area (Å²) in [7, 11) is 0. The fraction of sp³-hybridized carbons (Fsp3) is 0.400. The lowest BCUT2D eigenvalue weighted by atomic mass is 9.96. The highest BCUT2D eigenvalue weighted by atomic mass is 32.2. The summed E-state index contributed by atoms with van der Waals surface area (Å²) in [5.74, 6) is 5.85. The van der Waals surface area contributed by atoms with Gasteiger partial charge in [-0.25, -0.2) is 9.07 Å². The van der Waals surface area contributed by atoms with E-state index in [0.717, 1.165) is 17.3 Å². The highest BCUT2D eigenvalue weighted by Gasteiger charge is 2.23. The molecule has 0 unspecified atom stereocenters. The van der Waals surface area contributed by atoms with Gasteiger partial charge >= 0.3 is 0 Å². The molecule has 8 heteroatoms. The second kappa shape index (κ2) is 6.57. The van der Waals surface area contributed by atoms with Crippen LogP contribution in [0.1, 0.15) is 32.2 Å². The van der Waals surface area contributed by atoms with Crippen molar-refractivity contribution in [1.29, 1.82) is 0 Å². The van der Waals surface area contributed by atoms with Gasteiger partial charge in [0.2, 0.25) is 11.1 Å². The van der Waals surface area contributed by atoms with Crippen molar-refractivity contribution in [1.82, 2.24) is 14.9 Å². The molecule has 0 bridgehead atoms. The Balaban J connectivity index is 1.98. The first kappa shape index (κ1) is 17.3. The largest absolute Gasteiger partial charge is 0.336 e. The number of hydrogen-bond donors (Lipinski definition) is 2. The van der Waals surface area contributed by atoms with E-state index in [9.17, 15) is 9.18 Å². The molecule has 2 rings (SSSR count). The first-order chi connectivity index (χ1) is 10.7. The molecule has 1 amide bonds. The Bertz CT molecular complexity index is 723. The number of benzene rings is 1. The van der Waals surface area contributed by atoms with Crippen LogP contribution in [0.2, 0.25) is 0 Å². The van der Waals surface area contributed by atoms with Crippen molar-refractivity contribution >= 4 is 23.4 Å². The third kappa shape index (κ3) is 4.22. The Hall–Kier alpha value is -2.09. The molecule has 23 heavy (non-hydrogen) atoms. The summed E-state index contributed by atoms with van der Waals surface area (Å²) in [5.41, 5.74) is 0.708. The van der Waals surface area contributed by atoms with Gasteiger partial charge in [0.1, 0.15) is 5.82 Å². The van der Waals surface area contributed by atoms with Crippen LogP contribution in [-0.4, -0.2) is 26.5 Å². The van der Waals surface area contributed by atoms with E-state index in [2.05, 4.69) is 15.5 Å². The molecule has 0 radical (unpaired) electrons. The average molecular weight is 337 g/mol. The van der Waals surface area contributed by atoms with Crippen molar-refractivity contribution in [3.8, 4) is 0 Å². The molecule has 0 aliphatic heterocycles. The first-order valence-corrected chi connectivity index (χ1v) is 8.07. The molecule has 2 aromatic rings. The number of amides is 1. The predicted octanol–water partition coefficient (Wildman–Crippen LogP) is 2.47. The van der Waals surface area contributed by atoms with Gasteiger partial charge in [-0.15, -0.1) is 10.2 Å². The number of thioether (sulfide) groups is 1. The number of aromatic nitrogens is 3. The molecular formula is C15H20FN5OS. The van der Waals surface area contributed by atoms with Gasteiger partial charge in [0.15, 0.2) is 5.82 Å². The minimum Gasteiger partial charge on any atom is -0.336 e. The Morgan fingerprint density at radius 2 is 2.09 bits per heavy atom. The monoisotopic (exact) mass is 337 g/mol. The van der Waals surface area contributed by atoms with Gasteiger partial charge < -0.3 is 11.2 Å². The average Bonchev–Trinajstić information content (AvgIpc) is 2.81. The van der Waals surface area contributed by atoms with Crippen molar-refractivity contribution in [2.75, 3.05) is 16.9 Å². The molecular weight excluding hydrogens is 317 g/mol. The minimum atomic E-state index is -0.458. The number of carbonyl (C=O) groups excluding carboxylic acids is 1. The van der Waals surface area contributed by atoms with Gasteiger partial charge in [-0.2, -0.15) is 0 Å². The molecule has 0 spiro atoms. The first-order valence-electron chi connectivity index (χ1n) is 7.08. The van der Waals surface area contributed by atoms with E-state index >= 15 is 0 Å². The van der Waals surface area contributed by atoms with Gasteiger partial charge in [0.25, 0.3) is 0 Å². The van der Waals surface area contributed by atoms with Gasteiger partial charge in [-0.1, -0.05) is 38.6 Å². The summed E-state index contributed by atoms with van der Waals surface area (Å²) < 4.78 is 15.1. The highest BCUT2D eigenvalue weighted by molar-refractivity contribution is 7.99. The second-order valence-corrected chi connectivity index (χ2v) is 7.19. The molecule has 0 atom stereocenters. The van der Waals surface area contributed by atoms with Crippen LogP contribution in [0.5, 0.6) is 0 Å². The lowest BCUT2D eigenvalue weighted by Crippen LogP contribution is -2.24. The molecule has 1 aromatic carbocycles. The summed E-state index contributed by atoms with van der Waals surface area (Å²) in [5, 5.41) is 11.0. The zero-order valence-electron chi connectivity index (χ0n) is 13.6. The van der Waals surface area contributed by atoms with Crippen LogP contribution in [-0.2, 0) is 10.2 Å². The van der Waals surface area contributed by atoms with Crippen molar-refractivity contribution in [2.24, 2.45) is 0 Å². The number of nitrogens with one attached hydrogen (secondary N) is 1. The van der Waals surface area contributed by atoms with Crippen LogP contribution in [0, 0.1) is 12.7 Å². The number of aryl methyl sites for hydroxylation is 1. The summed E-state index contributed by atoms with van der Waals surface area (Å²) in [6.45, 7) is 7.70. The number of nitrogens with two attached hydrogens (primary N) is 1. The van der Waals surface area contributed by atoms with Gasteiger partial charge in [0, 0.05) is 5.41 Å². The third-order valence-electron chi connectivity index (χ3n) is 3.07. The minimum absolute atomic E-state index is 0.0623. The van der Waals surface area contributed by atoms with Gasteiger partial charge in [-0.05, 0) is 24.6 Å². The van der Waals surface area contributed by atoms with E-state index in [4.69, 9.17) is 5.84 Å². The number of rotatable bonds is 4. The highest BCUT2D eigenvalue weighted by Crippen LogP contribution is 2.23. The van der Waals surface area contributed by atoms with Crippen molar-refractivity contribution in [2.45, 2.75) is 38.3 Å². The molecule has 0 aliphatic carbocycles. The summed E-state index contributed by atoms with van der Waals surface area (Å²) in [6.07, 6.45) is 0. The maximum atomic E-state index is 13.7. The number of carbonyl (C=O) groups is 1. The molecule has 6 nitrogen and oxygen atoms in total. The fourth-order valence-corrected chi connectivity index (χ4v) is 2.58. The lowest BCUT2D eigenvalue weighted by Gasteiger charge is -2.16. The van der Waals surface area contributed by atoms with E-state index in [1.54, 1.807) is 13.0 Å². The Morgan fingerprint density at radius 3 is 2.65 bits per heavy atom. The van der Waals surface area contributed by atoms with E-state index in [-0.39, 0.29) is 22.8 Å². The number of halogens is 1. The molecule has 0 fully saturated rings. The van der Waals surface area contributed by atoms with E-state index < -0.39 is 5.82 Å². The predicted molar refractivity (Wildman–Crippen MR) is 89.4 cm³/mol. The van der Waals surface area contributed by atoms with Gasteiger partial charge in [-0.3, -0.25) is 4.79 Å². The standard InChI is InChI=1S/C15H20FN5OS/c1-9-5-6-11(10(16)7-9)18-12(22)8-23-14-20-19-13(21(14)17)15(2,3)4/h5-7H,8,17H2,1-4H3,(H,18,22). The quantitative estimate of drug-likeness (QED) is 0.661. The molecule has 0 saturated heterocycles. The SMILES string of the molecule is Cc1ccc(NC(=O)CSc2nnc(C(C)(C)C)n2N)c(F)c1. The van der Waals surface area contributed by atoms with Crippen LogP contribution in [0.25, 0.3) is 0 Å². The summed E-state index contributed by atoms with van der Waals surface area (Å²) in [6, 6.07) is 4.64. The Morgan fingerprint density at radius 1 is 1.39 bits per heavy atom. The van der Waals surface area contributed by atoms with E-state index in [1.807, 2.05) is 20.8 Å². The van der Waals surface area contributed by atoms with Crippen molar-refractivity contribution in [3.05, 3.63) is 35.4 Å². The Labute approximate surface area is 138 Å². The van der Waals surface area contributed by atoms with Gasteiger partial charge in [0.05, 0.1) is 11.4 Å². The van der Waals surface area contributed by atoms with Crippen LogP contribution in [0.3, 0.4) is 0 Å². The second-order valence-electron chi connectivity index (χ2n) is 6.25. The van der Waals surface area contributed by atoms with E-state index in [1.165, 1.54) is 16.8 Å². The van der Waals surface area contributed by atoms with Crippen LogP contribution >= 0.6 is 11.8 Å². The molecule has 3 N–H and O–H groups in total. The smallest absolute Gasteiger partial charge is 0.234 e.